The van der Waals surface area contributed by atoms with Crippen LogP contribution < -0.4 is 24.8 Å². The van der Waals surface area contributed by atoms with E-state index in [0.29, 0.717) is 36.6 Å². The van der Waals surface area contributed by atoms with E-state index < -0.39 is 12.1 Å². The Kier molecular flexibility index (Phi) is 7.44. The molecule has 0 aliphatic carbocycles. The quantitative estimate of drug-likeness (QED) is 0.442. The van der Waals surface area contributed by atoms with Crippen LogP contribution in [0.5, 0.6) is 17.2 Å². The standard InChI is InChI=1S/C26H28N2O5/c1-31-21-9-5-8-19(12-21)15-27-16-23(29)22(13-18-6-3-2-4-7-18)28-26(30)20-10-11-24-25(14-20)33-17-32-24/h2-12,14,22-23,27,29H,13,15-17H2,1H3,(H,28,30). The third-order valence-electron chi connectivity index (χ3n) is 5.53. The molecule has 1 aliphatic heterocycles. The van der Waals surface area contributed by atoms with Gasteiger partial charge in [-0.3, -0.25) is 4.79 Å². The number of methoxy groups -OCH3 is 1. The average Bonchev–Trinajstić information content (AvgIpc) is 3.32. The summed E-state index contributed by atoms with van der Waals surface area (Å²) in [4.78, 5) is 13.0. The van der Waals surface area contributed by atoms with E-state index >= 15 is 0 Å². The van der Waals surface area contributed by atoms with Gasteiger partial charge in [-0.15, -0.1) is 0 Å². The van der Waals surface area contributed by atoms with Crippen molar-refractivity contribution in [2.24, 2.45) is 0 Å². The maximum absolute atomic E-state index is 13.0. The normalized spacial score (nSPS) is 13.9. The summed E-state index contributed by atoms with van der Waals surface area (Å²) in [6, 6.07) is 22.1. The Labute approximate surface area is 193 Å². The summed E-state index contributed by atoms with van der Waals surface area (Å²) >= 11 is 0. The maximum Gasteiger partial charge on any atom is 0.251 e. The van der Waals surface area contributed by atoms with Crippen molar-refractivity contribution in [3.8, 4) is 17.2 Å². The number of benzene rings is 3. The molecule has 33 heavy (non-hydrogen) atoms. The first-order valence-electron chi connectivity index (χ1n) is 10.9. The second-order valence-electron chi connectivity index (χ2n) is 7.89. The molecular weight excluding hydrogens is 420 g/mol. The first-order chi connectivity index (χ1) is 16.1. The largest absolute Gasteiger partial charge is 0.497 e. The van der Waals surface area contributed by atoms with Crippen LogP contribution in [0.1, 0.15) is 21.5 Å². The predicted octanol–water partition coefficient (Wildman–Crippen LogP) is 2.92. The highest BCUT2D eigenvalue weighted by atomic mass is 16.7. The monoisotopic (exact) mass is 448 g/mol. The molecule has 3 aromatic carbocycles. The van der Waals surface area contributed by atoms with Gasteiger partial charge in [-0.25, -0.2) is 0 Å². The minimum atomic E-state index is -0.797. The van der Waals surface area contributed by atoms with Gasteiger partial charge in [0.05, 0.1) is 19.3 Å². The van der Waals surface area contributed by atoms with Gasteiger partial charge in [-0.05, 0) is 47.9 Å². The molecule has 0 bridgehead atoms. The molecule has 0 radical (unpaired) electrons. The number of fused-ring (bicyclic) bond motifs is 1. The fourth-order valence-corrected chi connectivity index (χ4v) is 3.73. The van der Waals surface area contributed by atoms with E-state index in [2.05, 4.69) is 10.6 Å². The van der Waals surface area contributed by atoms with Crippen LogP contribution >= 0.6 is 0 Å². The number of aliphatic hydroxyl groups excluding tert-OH is 1. The molecule has 2 unspecified atom stereocenters. The highest BCUT2D eigenvalue weighted by Gasteiger charge is 2.24. The molecule has 7 nitrogen and oxygen atoms in total. The number of ether oxygens (including phenoxy) is 3. The highest BCUT2D eigenvalue weighted by molar-refractivity contribution is 5.95. The summed E-state index contributed by atoms with van der Waals surface area (Å²) in [6.07, 6.45) is -0.298. The Hall–Kier alpha value is -3.55. The molecule has 1 amide bonds. The number of amides is 1. The first-order valence-corrected chi connectivity index (χ1v) is 10.9. The number of nitrogens with one attached hydrogen (secondary N) is 2. The Morgan fingerprint density at radius 1 is 1.00 bits per heavy atom. The third-order valence-corrected chi connectivity index (χ3v) is 5.53. The Balaban J connectivity index is 1.41. The molecule has 0 fully saturated rings. The summed E-state index contributed by atoms with van der Waals surface area (Å²) in [5, 5.41) is 17.2. The Morgan fingerprint density at radius 2 is 1.79 bits per heavy atom. The number of hydrogen-bond donors (Lipinski definition) is 3. The minimum absolute atomic E-state index is 0.148. The fraction of sp³-hybridized carbons (Fsp3) is 0.269. The molecule has 0 spiro atoms. The van der Waals surface area contributed by atoms with Crippen LogP contribution in [-0.4, -0.2) is 43.6 Å². The van der Waals surface area contributed by atoms with Crippen molar-refractivity contribution in [1.82, 2.24) is 10.6 Å². The van der Waals surface area contributed by atoms with Crippen molar-refractivity contribution in [1.29, 1.82) is 0 Å². The van der Waals surface area contributed by atoms with Gasteiger partial charge in [-0.1, -0.05) is 42.5 Å². The fourth-order valence-electron chi connectivity index (χ4n) is 3.73. The van der Waals surface area contributed by atoms with Crippen LogP contribution in [-0.2, 0) is 13.0 Å². The van der Waals surface area contributed by atoms with Crippen LogP contribution in [0.4, 0.5) is 0 Å². The lowest BCUT2D eigenvalue weighted by atomic mass is 10.00. The molecule has 1 heterocycles. The molecular formula is C26H28N2O5. The van der Waals surface area contributed by atoms with Crippen LogP contribution in [0.25, 0.3) is 0 Å². The lowest BCUT2D eigenvalue weighted by molar-refractivity contribution is 0.0829. The summed E-state index contributed by atoms with van der Waals surface area (Å²) in [6.45, 7) is 1.03. The van der Waals surface area contributed by atoms with E-state index in [1.54, 1.807) is 25.3 Å². The van der Waals surface area contributed by atoms with Crippen molar-refractivity contribution in [2.75, 3.05) is 20.4 Å². The molecule has 0 saturated heterocycles. The minimum Gasteiger partial charge on any atom is -0.497 e. The number of rotatable bonds is 10. The second-order valence-corrected chi connectivity index (χ2v) is 7.89. The molecule has 3 N–H and O–H groups in total. The van der Waals surface area contributed by atoms with E-state index in [1.165, 1.54) is 0 Å². The van der Waals surface area contributed by atoms with Crippen molar-refractivity contribution in [3.05, 3.63) is 89.5 Å². The van der Waals surface area contributed by atoms with Crippen LogP contribution in [0.15, 0.2) is 72.8 Å². The van der Waals surface area contributed by atoms with E-state index in [4.69, 9.17) is 14.2 Å². The van der Waals surface area contributed by atoms with Crippen LogP contribution in [0.2, 0.25) is 0 Å². The van der Waals surface area contributed by atoms with E-state index in [1.807, 2.05) is 54.6 Å². The molecule has 172 valence electrons. The molecule has 0 saturated carbocycles. The number of hydrogen-bond acceptors (Lipinski definition) is 6. The molecule has 0 aromatic heterocycles. The van der Waals surface area contributed by atoms with Gasteiger partial charge < -0.3 is 30.0 Å². The molecule has 3 aromatic rings. The molecule has 4 rings (SSSR count). The predicted molar refractivity (Wildman–Crippen MR) is 125 cm³/mol. The maximum atomic E-state index is 13.0. The van der Waals surface area contributed by atoms with E-state index in [9.17, 15) is 9.90 Å². The highest BCUT2D eigenvalue weighted by Crippen LogP contribution is 2.32. The number of carbonyl (C=O) groups is 1. The second kappa shape index (κ2) is 10.8. The van der Waals surface area contributed by atoms with Crippen molar-refractivity contribution >= 4 is 5.91 Å². The van der Waals surface area contributed by atoms with Gasteiger partial charge in [0.25, 0.3) is 5.91 Å². The number of aliphatic hydroxyl groups is 1. The summed E-state index contributed by atoms with van der Waals surface area (Å²) in [5.74, 6) is 1.67. The van der Waals surface area contributed by atoms with Gasteiger partial charge in [0.2, 0.25) is 6.79 Å². The topological polar surface area (TPSA) is 89.1 Å². The van der Waals surface area contributed by atoms with Crippen molar-refractivity contribution in [2.45, 2.75) is 25.1 Å². The summed E-state index contributed by atoms with van der Waals surface area (Å²) in [5.41, 5.74) is 2.53. The lowest BCUT2D eigenvalue weighted by Gasteiger charge is -2.25. The molecule has 1 aliphatic rings. The zero-order valence-electron chi connectivity index (χ0n) is 18.5. The van der Waals surface area contributed by atoms with Gasteiger partial charge in [0, 0.05) is 18.7 Å². The van der Waals surface area contributed by atoms with Gasteiger partial charge >= 0.3 is 0 Å². The molecule has 2 atom stereocenters. The number of carbonyl (C=O) groups excluding carboxylic acids is 1. The van der Waals surface area contributed by atoms with Crippen LogP contribution in [0.3, 0.4) is 0 Å². The smallest absolute Gasteiger partial charge is 0.251 e. The van der Waals surface area contributed by atoms with Crippen molar-refractivity contribution < 1.29 is 24.1 Å². The lowest BCUT2D eigenvalue weighted by Crippen LogP contribution is -2.48. The van der Waals surface area contributed by atoms with Gasteiger partial charge in [0.15, 0.2) is 11.5 Å². The zero-order valence-corrected chi connectivity index (χ0v) is 18.5. The van der Waals surface area contributed by atoms with E-state index in [-0.39, 0.29) is 12.7 Å². The average molecular weight is 449 g/mol. The van der Waals surface area contributed by atoms with Gasteiger partial charge in [-0.2, -0.15) is 0 Å². The van der Waals surface area contributed by atoms with Gasteiger partial charge in [0.1, 0.15) is 5.75 Å². The molecule has 7 heteroatoms. The zero-order chi connectivity index (χ0) is 23.0. The summed E-state index contributed by atoms with van der Waals surface area (Å²) in [7, 11) is 1.63. The first kappa shape index (κ1) is 22.6. The van der Waals surface area contributed by atoms with E-state index in [0.717, 1.165) is 16.9 Å². The Bertz CT molecular complexity index is 1070. The van der Waals surface area contributed by atoms with Crippen LogP contribution in [0, 0.1) is 0 Å². The summed E-state index contributed by atoms with van der Waals surface area (Å²) < 4.78 is 16.0. The van der Waals surface area contributed by atoms with Crippen molar-refractivity contribution in [3.63, 3.8) is 0 Å². The Morgan fingerprint density at radius 3 is 2.61 bits per heavy atom. The third kappa shape index (κ3) is 6.03. The SMILES string of the molecule is COc1cccc(CNCC(O)C(Cc2ccccc2)NC(=O)c2ccc3c(c2)OCO3)c1.